The normalized spacial score (nSPS) is 31.6. The molecular weight excluding hydrogens is 292 g/mol. The number of anilines is 2. The van der Waals surface area contributed by atoms with Crippen LogP contribution in [-0.2, 0) is 0 Å². The van der Waals surface area contributed by atoms with Crippen LogP contribution in [0.2, 0.25) is 1.41 Å². The predicted molar refractivity (Wildman–Crippen MR) is 94.0 cm³/mol. The molecule has 3 heterocycles. The highest BCUT2D eigenvalue weighted by Crippen LogP contribution is 2.39. The summed E-state index contributed by atoms with van der Waals surface area (Å²) in [5.74, 6) is -0.0661. The number of rotatable bonds is 0. The third-order valence-corrected chi connectivity index (χ3v) is 4.17. The summed E-state index contributed by atoms with van der Waals surface area (Å²) in [5.41, 5.74) is -0.438. The zero-order valence-electron chi connectivity index (χ0n) is 23.7. The van der Waals surface area contributed by atoms with Gasteiger partial charge in [-0.15, -0.1) is 11.3 Å². The van der Waals surface area contributed by atoms with Gasteiger partial charge in [0, 0.05) is 40.6 Å². The molecule has 0 atom stereocenters. The standard InChI is InChI=1S/C17H20N4S/c1-12-11-13-16(21-9-7-20(2)8-10-21)18-14-5-3-4-6-15(14)19-17(13)22-12/h3-6,11,19H,7-10H2,1-2H3/i1D3,3D,4D,5D,6D,7D2,8D2/hD. The van der Waals surface area contributed by atoms with E-state index in [1.54, 1.807) is 0 Å². The largest absolute Gasteiger partial charge is 0.353 e. The Morgan fingerprint density at radius 2 is 2.23 bits per heavy atom. The second kappa shape index (κ2) is 5.41. The van der Waals surface area contributed by atoms with Crippen molar-refractivity contribution in [1.29, 1.82) is 0 Å². The van der Waals surface area contributed by atoms with Crippen LogP contribution in [0.1, 0.15) is 25.5 Å². The van der Waals surface area contributed by atoms with Crippen LogP contribution in [0.3, 0.4) is 0 Å². The molecule has 0 bridgehead atoms. The van der Waals surface area contributed by atoms with E-state index in [0.717, 1.165) is 21.5 Å². The lowest BCUT2D eigenvalue weighted by molar-refractivity contribution is 0.216. The number of likely N-dealkylation sites (N-methyl/N-ethyl adjacent to an activating group) is 1. The lowest BCUT2D eigenvalue weighted by Crippen LogP contribution is -2.47. The molecule has 2 aliphatic rings. The summed E-state index contributed by atoms with van der Waals surface area (Å²) in [6.07, 6.45) is 0. The quantitative estimate of drug-likeness (QED) is 0.805. The number of hydrogen-bond donors (Lipinski definition) is 1. The van der Waals surface area contributed by atoms with Crippen LogP contribution >= 0.6 is 11.3 Å². The Morgan fingerprint density at radius 1 is 1.41 bits per heavy atom. The van der Waals surface area contributed by atoms with Crippen LogP contribution < -0.4 is 5.31 Å². The van der Waals surface area contributed by atoms with E-state index in [4.69, 9.17) is 16.5 Å². The minimum Gasteiger partial charge on any atom is -0.353 e. The molecular formula is C17H20N4S. The first kappa shape index (κ1) is 5.98. The lowest BCUT2D eigenvalue weighted by Gasteiger charge is -2.34. The van der Waals surface area contributed by atoms with Gasteiger partial charge >= 0.3 is 0 Å². The molecule has 0 spiro atoms. The zero-order valence-corrected chi connectivity index (χ0v) is 12.5. The van der Waals surface area contributed by atoms with E-state index >= 15 is 0 Å². The van der Waals surface area contributed by atoms with Crippen LogP contribution in [0.25, 0.3) is 0 Å². The molecule has 22 heavy (non-hydrogen) atoms. The van der Waals surface area contributed by atoms with Crippen molar-refractivity contribution in [2.24, 2.45) is 4.99 Å². The van der Waals surface area contributed by atoms with Crippen molar-refractivity contribution in [2.45, 2.75) is 6.85 Å². The van der Waals surface area contributed by atoms with Gasteiger partial charge in [0.15, 0.2) is 1.41 Å². The van der Waals surface area contributed by atoms with Gasteiger partial charge in [-0.3, -0.25) is 0 Å². The number of aliphatic imine (C=N–C) groups is 1. The highest BCUT2D eigenvalue weighted by molar-refractivity contribution is 7.16. The van der Waals surface area contributed by atoms with Gasteiger partial charge in [-0.1, -0.05) is 12.1 Å². The average molecular weight is 325 g/mol. The second-order valence-corrected chi connectivity index (χ2v) is 5.84. The predicted octanol–water partition coefficient (Wildman–Crippen LogP) is 3.44. The third kappa shape index (κ3) is 2.40. The van der Waals surface area contributed by atoms with Gasteiger partial charge < -0.3 is 15.1 Å². The van der Waals surface area contributed by atoms with Gasteiger partial charge in [-0.2, -0.15) is 0 Å². The number of thiophene rings is 1. The molecule has 4 rings (SSSR count). The number of hydrogen-bond acceptors (Lipinski definition) is 5. The first-order valence-electron chi connectivity index (χ1n) is 12.5. The molecule has 0 saturated carbocycles. The van der Waals surface area contributed by atoms with Gasteiger partial charge in [0.1, 0.15) is 10.8 Å². The van der Waals surface area contributed by atoms with Crippen LogP contribution in [0.5, 0.6) is 0 Å². The number of nitrogens with zero attached hydrogens (tertiary/aromatic N) is 3. The maximum absolute atomic E-state index is 8.65. The molecule has 1 fully saturated rings. The number of amidine groups is 1. The van der Waals surface area contributed by atoms with Gasteiger partial charge in [0.25, 0.3) is 0 Å². The van der Waals surface area contributed by atoms with Crippen molar-refractivity contribution >= 4 is 33.5 Å². The topological polar surface area (TPSA) is 30.9 Å². The average Bonchev–Trinajstić information content (AvgIpc) is 3.12. The summed E-state index contributed by atoms with van der Waals surface area (Å²) in [7, 11) is 1.31. The molecule has 2 aromatic rings. The van der Waals surface area contributed by atoms with Crippen LogP contribution in [0.15, 0.2) is 35.2 Å². The Bertz CT molecular complexity index is 1190. The van der Waals surface area contributed by atoms with Crippen molar-refractivity contribution < 1.29 is 16.5 Å². The van der Waals surface area contributed by atoms with Gasteiger partial charge in [0.05, 0.1) is 22.4 Å². The Hall–Kier alpha value is -1.85. The third-order valence-electron chi connectivity index (χ3n) is 3.33. The second-order valence-electron chi connectivity index (χ2n) is 4.81. The number of aryl methyl sites for hydroxylation is 1. The highest BCUT2D eigenvalue weighted by atomic mass is 32.1. The maximum Gasteiger partial charge on any atom is 0.167 e. The molecule has 5 heteroatoms. The van der Waals surface area contributed by atoms with Crippen molar-refractivity contribution in [3.63, 3.8) is 0 Å². The van der Waals surface area contributed by atoms with E-state index in [0.29, 0.717) is 0 Å². The number of nitrogens with one attached hydrogen (secondary N) is 1. The monoisotopic (exact) mass is 324 g/mol. The Balaban J connectivity index is 2.03. The fraction of sp³-hybridized carbons (Fsp3) is 0.353. The molecule has 1 aromatic heterocycles. The molecule has 0 radical (unpaired) electrons. The molecule has 1 aromatic carbocycles. The van der Waals surface area contributed by atoms with Gasteiger partial charge in [-0.25, -0.2) is 4.99 Å². The van der Waals surface area contributed by atoms with Crippen LogP contribution in [0, 0.1) is 6.85 Å². The fourth-order valence-corrected chi connectivity index (χ4v) is 3.02. The van der Waals surface area contributed by atoms with Crippen molar-refractivity contribution in [2.75, 3.05) is 38.4 Å². The Kier molecular flexibility index (Phi) is 1.47. The minimum atomic E-state index is -2.53. The lowest BCUT2D eigenvalue weighted by atomic mass is 10.2. The molecule has 0 amide bonds. The number of benzene rings is 1. The minimum absolute atomic E-state index is 0.0220. The first-order valence-corrected chi connectivity index (χ1v) is 7.40. The van der Waals surface area contributed by atoms with Gasteiger partial charge in [-0.05, 0) is 32.1 Å². The molecule has 0 aliphatic carbocycles. The zero-order chi connectivity index (χ0) is 25.5. The van der Waals surface area contributed by atoms with Crippen molar-refractivity contribution in [1.82, 2.24) is 9.80 Å². The molecule has 114 valence electrons. The fourth-order valence-electron chi connectivity index (χ4n) is 2.24. The van der Waals surface area contributed by atoms with Crippen LogP contribution in [-0.4, -0.2) is 48.8 Å². The van der Waals surface area contributed by atoms with E-state index in [9.17, 15) is 0 Å². The summed E-state index contributed by atoms with van der Waals surface area (Å²) in [6, 6.07) is -0.926. The van der Waals surface area contributed by atoms with E-state index in [1.807, 2.05) is 0 Å². The molecule has 1 N–H and O–H groups in total. The van der Waals surface area contributed by atoms with E-state index in [2.05, 4.69) is 4.99 Å². The summed E-state index contributed by atoms with van der Waals surface area (Å²) in [5, 5.41) is 0.742. The number of para-hydroxylation sites is 2. The first-order chi connectivity index (χ1) is 15.5. The summed E-state index contributed by atoms with van der Waals surface area (Å²) in [6.45, 7) is -7.51. The van der Waals surface area contributed by atoms with E-state index in [-0.39, 0.29) is 45.7 Å². The smallest absolute Gasteiger partial charge is 0.167 e. The van der Waals surface area contributed by atoms with Crippen molar-refractivity contribution in [3.05, 3.63) is 40.7 Å². The van der Waals surface area contributed by atoms with Crippen LogP contribution in [0.4, 0.5) is 16.4 Å². The highest BCUT2D eigenvalue weighted by Gasteiger charge is 2.25. The summed E-state index contributed by atoms with van der Waals surface area (Å²) in [4.78, 5) is 6.56. The Labute approximate surface area is 152 Å². The molecule has 0 unspecified atom stereocenters. The molecule has 2 aliphatic heterocycles. The maximum atomic E-state index is 8.65. The number of fused-ring (bicyclic) bond motifs is 2. The number of piperazine rings is 1. The Morgan fingerprint density at radius 3 is 3.05 bits per heavy atom. The van der Waals surface area contributed by atoms with E-state index in [1.165, 1.54) is 18.0 Å². The van der Waals surface area contributed by atoms with E-state index < -0.39 is 44.0 Å². The summed E-state index contributed by atoms with van der Waals surface area (Å²) >= 11 is 0.738. The SMILES string of the molecule is [2H]c1c([2H])c([2H])c2c(c1[2H])N=C(N1CC([2H])([2H])N(C)C([2H])([2H])C1)c1cc(C([2H])([2H])[2H])sc1N2[2H]. The van der Waals surface area contributed by atoms with Crippen molar-refractivity contribution in [3.8, 4) is 0 Å². The molecule has 1 saturated heterocycles. The molecule has 4 nitrogen and oxygen atoms in total. The summed E-state index contributed by atoms with van der Waals surface area (Å²) < 4.78 is 97.8. The van der Waals surface area contributed by atoms with Gasteiger partial charge in [0.2, 0.25) is 0 Å².